The summed E-state index contributed by atoms with van der Waals surface area (Å²) in [5.41, 5.74) is -0.488. The van der Waals surface area contributed by atoms with Gasteiger partial charge in [-0.15, -0.1) is 0 Å². The molecular formula is C20H19F3N2O2. The summed E-state index contributed by atoms with van der Waals surface area (Å²) in [6.07, 6.45) is -5.28. The summed E-state index contributed by atoms with van der Waals surface area (Å²) in [6, 6.07) is 12.9. The zero-order chi connectivity index (χ0) is 20.2. The van der Waals surface area contributed by atoms with Gasteiger partial charge in [0.25, 0.3) is 0 Å². The Morgan fingerprint density at radius 2 is 1.74 bits per heavy atom. The van der Waals surface area contributed by atoms with Crippen molar-refractivity contribution in [2.45, 2.75) is 39.1 Å². The first kappa shape index (κ1) is 20.3. The van der Waals surface area contributed by atoms with Crippen LogP contribution in [-0.2, 0) is 17.5 Å². The van der Waals surface area contributed by atoms with Crippen molar-refractivity contribution < 1.29 is 22.7 Å². The van der Waals surface area contributed by atoms with Crippen LogP contribution in [-0.4, -0.2) is 11.7 Å². The molecule has 0 fully saturated rings. The van der Waals surface area contributed by atoms with Crippen LogP contribution in [0.3, 0.4) is 0 Å². The minimum absolute atomic E-state index is 0.00192. The highest BCUT2D eigenvalue weighted by molar-refractivity contribution is 5.88. The molecule has 0 aliphatic carbocycles. The van der Waals surface area contributed by atoms with E-state index < -0.39 is 23.4 Å². The molecule has 0 heterocycles. The maximum absolute atomic E-state index is 13.0. The Labute approximate surface area is 155 Å². The third kappa shape index (κ3) is 5.74. The second-order valence-electron chi connectivity index (χ2n) is 6.92. The van der Waals surface area contributed by atoms with Gasteiger partial charge in [0, 0.05) is 5.69 Å². The van der Waals surface area contributed by atoms with Gasteiger partial charge in [0.15, 0.2) is 0 Å². The molecule has 0 N–H and O–H groups in total. The Morgan fingerprint density at radius 3 is 2.26 bits per heavy atom. The average Bonchev–Trinajstić information content (AvgIpc) is 2.58. The van der Waals surface area contributed by atoms with Crippen molar-refractivity contribution in [2.75, 3.05) is 4.90 Å². The van der Waals surface area contributed by atoms with E-state index in [1.165, 1.54) is 12.1 Å². The molecule has 2 aromatic rings. The lowest BCUT2D eigenvalue weighted by Crippen LogP contribution is -2.36. The quantitative estimate of drug-likeness (QED) is 0.709. The number of carbonyl (C=O) groups is 1. The van der Waals surface area contributed by atoms with Gasteiger partial charge in [0.1, 0.15) is 5.60 Å². The maximum Gasteiger partial charge on any atom is 0.416 e. The summed E-state index contributed by atoms with van der Waals surface area (Å²) in [4.78, 5) is 13.8. The summed E-state index contributed by atoms with van der Waals surface area (Å²) in [7, 11) is 0. The smallest absolute Gasteiger partial charge is 0.416 e. The second-order valence-corrected chi connectivity index (χ2v) is 6.92. The van der Waals surface area contributed by atoms with E-state index in [0.717, 1.165) is 17.0 Å². The first-order valence-corrected chi connectivity index (χ1v) is 8.16. The molecule has 1 amide bonds. The van der Waals surface area contributed by atoms with Crippen molar-refractivity contribution in [2.24, 2.45) is 0 Å². The van der Waals surface area contributed by atoms with Gasteiger partial charge in [-0.05, 0) is 56.7 Å². The first-order valence-electron chi connectivity index (χ1n) is 8.16. The van der Waals surface area contributed by atoms with Gasteiger partial charge in [0.2, 0.25) is 0 Å². The molecule has 27 heavy (non-hydrogen) atoms. The second kappa shape index (κ2) is 7.70. The van der Waals surface area contributed by atoms with Crippen molar-refractivity contribution in [3.05, 3.63) is 65.2 Å². The number of rotatable bonds is 3. The number of alkyl halides is 3. The summed E-state index contributed by atoms with van der Waals surface area (Å²) >= 11 is 0. The van der Waals surface area contributed by atoms with E-state index in [4.69, 9.17) is 10.00 Å². The van der Waals surface area contributed by atoms with E-state index in [0.29, 0.717) is 11.1 Å². The molecule has 0 saturated carbocycles. The van der Waals surface area contributed by atoms with Crippen molar-refractivity contribution in [1.29, 1.82) is 5.26 Å². The van der Waals surface area contributed by atoms with Gasteiger partial charge in [0.05, 0.1) is 23.7 Å². The minimum Gasteiger partial charge on any atom is -0.443 e. The van der Waals surface area contributed by atoms with Gasteiger partial charge < -0.3 is 4.74 Å². The van der Waals surface area contributed by atoms with Gasteiger partial charge in [-0.25, -0.2) is 4.79 Å². The van der Waals surface area contributed by atoms with E-state index in [9.17, 15) is 18.0 Å². The fourth-order valence-electron chi connectivity index (χ4n) is 2.30. The summed E-state index contributed by atoms with van der Waals surface area (Å²) < 4.78 is 44.5. The zero-order valence-corrected chi connectivity index (χ0v) is 15.2. The lowest BCUT2D eigenvalue weighted by molar-refractivity contribution is -0.137. The minimum atomic E-state index is -4.52. The fourth-order valence-corrected chi connectivity index (χ4v) is 2.30. The molecule has 0 spiro atoms. The molecule has 0 unspecified atom stereocenters. The molecule has 0 bridgehead atoms. The highest BCUT2D eigenvalue weighted by atomic mass is 19.4. The van der Waals surface area contributed by atoms with E-state index >= 15 is 0 Å². The number of anilines is 1. The largest absolute Gasteiger partial charge is 0.443 e. The van der Waals surface area contributed by atoms with Crippen LogP contribution in [0.25, 0.3) is 0 Å². The molecule has 7 heteroatoms. The number of ether oxygens (including phenoxy) is 1. The number of benzene rings is 2. The zero-order valence-electron chi connectivity index (χ0n) is 15.2. The molecule has 2 rings (SSSR count). The molecule has 0 aromatic heterocycles. The third-order valence-corrected chi connectivity index (χ3v) is 3.52. The Hall–Kier alpha value is -3.01. The van der Waals surface area contributed by atoms with Crippen molar-refractivity contribution >= 4 is 11.8 Å². The van der Waals surface area contributed by atoms with Crippen LogP contribution >= 0.6 is 0 Å². The number of halogens is 3. The summed E-state index contributed by atoms with van der Waals surface area (Å²) in [5.74, 6) is 0. The van der Waals surface area contributed by atoms with E-state index in [-0.39, 0.29) is 12.2 Å². The van der Waals surface area contributed by atoms with Crippen molar-refractivity contribution in [3.8, 4) is 6.07 Å². The van der Waals surface area contributed by atoms with Gasteiger partial charge in [-0.1, -0.05) is 18.2 Å². The van der Waals surface area contributed by atoms with Crippen LogP contribution in [0.2, 0.25) is 0 Å². The number of nitrogens with zero attached hydrogens (tertiary/aromatic N) is 2. The maximum atomic E-state index is 13.0. The molecule has 0 saturated heterocycles. The molecule has 0 aliphatic rings. The molecule has 4 nitrogen and oxygen atoms in total. The monoisotopic (exact) mass is 376 g/mol. The topological polar surface area (TPSA) is 53.3 Å². The lowest BCUT2D eigenvalue weighted by atomic mass is 10.1. The Balaban J connectivity index is 2.40. The third-order valence-electron chi connectivity index (χ3n) is 3.52. The SMILES string of the molecule is CC(C)(C)OC(=O)N(Cc1ccc(C#N)cc1)c1cccc(C(F)(F)F)c1. The molecule has 142 valence electrons. The highest BCUT2D eigenvalue weighted by Crippen LogP contribution is 2.32. The predicted octanol–water partition coefficient (Wildman–Crippen LogP) is 5.52. The highest BCUT2D eigenvalue weighted by Gasteiger charge is 2.32. The van der Waals surface area contributed by atoms with Crippen molar-refractivity contribution in [1.82, 2.24) is 0 Å². The number of hydrogen-bond donors (Lipinski definition) is 0. The Bertz CT molecular complexity index is 847. The van der Waals surface area contributed by atoms with E-state index in [2.05, 4.69) is 0 Å². The Morgan fingerprint density at radius 1 is 1.11 bits per heavy atom. The predicted molar refractivity (Wildman–Crippen MR) is 95.0 cm³/mol. The fraction of sp³-hybridized carbons (Fsp3) is 0.300. The van der Waals surface area contributed by atoms with Crippen LogP contribution in [0.5, 0.6) is 0 Å². The van der Waals surface area contributed by atoms with Crippen LogP contribution in [0.15, 0.2) is 48.5 Å². The molecule has 0 aliphatic heterocycles. The average molecular weight is 376 g/mol. The standard InChI is InChI=1S/C20H19F3N2O2/c1-19(2,3)27-18(26)25(13-15-9-7-14(12-24)8-10-15)17-6-4-5-16(11-17)20(21,22)23/h4-11H,13H2,1-3H3. The van der Waals surface area contributed by atoms with Crippen LogP contribution in [0.1, 0.15) is 37.5 Å². The number of carbonyl (C=O) groups excluding carboxylic acids is 1. The molecule has 0 radical (unpaired) electrons. The van der Waals surface area contributed by atoms with E-state index in [1.807, 2.05) is 6.07 Å². The van der Waals surface area contributed by atoms with Crippen LogP contribution in [0, 0.1) is 11.3 Å². The van der Waals surface area contributed by atoms with Gasteiger partial charge in [-0.3, -0.25) is 4.90 Å². The van der Waals surface area contributed by atoms with E-state index in [1.54, 1.807) is 45.0 Å². The van der Waals surface area contributed by atoms with Crippen LogP contribution < -0.4 is 4.90 Å². The Kier molecular flexibility index (Phi) is 5.79. The molecule has 0 atom stereocenters. The molecular weight excluding hydrogens is 357 g/mol. The first-order chi connectivity index (χ1) is 12.5. The molecule has 2 aromatic carbocycles. The lowest BCUT2D eigenvalue weighted by Gasteiger charge is -2.28. The number of hydrogen-bond acceptors (Lipinski definition) is 3. The number of amides is 1. The van der Waals surface area contributed by atoms with Gasteiger partial charge >= 0.3 is 12.3 Å². The summed E-state index contributed by atoms with van der Waals surface area (Å²) in [5, 5.41) is 8.87. The van der Waals surface area contributed by atoms with Gasteiger partial charge in [-0.2, -0.15) is 18.4 Å². The normalized spacial score (nSPS) is 11.6. The summed E-state index contributed by atoms with van der Waals surface area (Å²) in [6.45, 7) is 5.03. The van der Waals surface area contributed by atoms with Crippen LogP contribution in [0.4, 0.5) is 23.7 Å². The van der Waals surface area contributed by atoms with Crippen molar-refractivity contribution in [3.63, 3.8) is 0 Å². The number of nitriles is 1.